The molecule has 0 radical (unpaired) electrons. The summed E-state index contributed by atoms with van der Waals surface area (Å²) in [4.78, 5) is 27.4. The van der Waals surface area contributed by atoms with Crippen molar-refractivity contribution in [2.24, 2.45) is 0 Å². The summed E-state index contributed by atoms with van der Waals surface area (Å²) in [5.74, 6) is 0.915. The van der Waals surface area contributed by atoms with Gasteiger partial charge in [0.2, 0.25) is 5.88 Å². The van der Waals surface area contributed by atoms with Gasteiger partial charge in [-0.2, -0.15) is 4.98 Å². The van der Waals surface area contributed by atoms with Crippen LogP contribution in [0.2, 0.25) is 0 Å². The van der Waals surface area contributed by atoms with Gasteiger partial charge in [-0.3, -0.25) is 14.7 Å². The monoisotopic (exact) mass is 449 g/mol. The molecule has 9 nitrogen and oxygen atoms in total. The van der Waals surface area contributed by atoms with E-state index in [0.29, 0.717) is 36.8 Å². The molecule has 0 N–H and O–H groups in total. The highest BCUT2D eigenvalue weighted by molar-refractivity contribution is 5.67. The molecule has 0 amide bonds. The Bertz CT molecular complexity index is 1250. The highest BCUT2D eigenvalue weighted by Gasteiger charge is 2.21. The minimum atomic E-state index is -0.410. The first-order chi connectivity index (χ1) is 16.1. The Kier molecular flexibility index (Phi) is 5.78. The third-order valence-electron chi connectivity index (χ3n) is 5.97. The molecule has 2 aromatic carbocycles. The van der Waals surface area contributed by atoms with Crippen molar-refractivity contribution in [1.29, 1.82) is 0 Å². The van der Waals surface area contributed by atoms with Crippen molar-refractivity contribution in [2.75, 3.05) is 13.2 Å². The van der Waals surface area contributed by atoms with E-state index in [1.807, 2.05) is 12.1 Å². The molecule has 5 rings (SSSR count). The fourth-order valence-electron chi connectivity index (χ4n) is 4.27. The molecule has 2 aliphatic heterocycles. The standard InChI is InChI=1S/C24H23N3O6/c28-24-25-23(33-15-19-5-3-11-31-19)13-22-20-8-7-18(12-16(20)9-10-26(22)24)32-14-17-4-1-2-6-21(17)27(29)30/h1-2,4,6-8,12-13,19H,3,5,9-11,14-15H2. The SMILES string of the molecule is O=c1nc(OCC2CCCO2)cc2n1CCc1cc(OCc3ccccc3[N+](=O)[O-])ccc1-2. The van der Waals surface area contributed by atoms with Gasteiger partial charge in [-0.1, -0.05) is 12.1 Å². The molecule has 0 spiro atoms. The molecular weight excluding hydrogens is 426 g/mol. The molecule has 1 aromatic heterocycles. The van der Waals surface area contributed by atoms with Crippen LogP contribution >= 0.6 is 0 Å². The molecule has 3 heterocycles. The number of para-hydroxylation sites is 1. The van der Waals surface area contributed by atoms with Crippen LogP contribution in [0.4, 0.5) is 5.69 Å². The zero-order valence-corrected chi connectivity index (χ0v) is 17.9. The summed E-state index contributed by atoms with van der Waals surface area (Å²) in [5.41, 5.74) is 2.91. The van der Waals surface area contributed by atoms with Gasteiger partial charge in [0.15, 0.2) is 0 Å². The van der Waals surface area contributed by atoms with Crippen molar-refractivity contribution in [1.82, 2.24) is 9.55 Å². The van der Waals surface area contributed by atoms with Gasteiger partial charge < -0.3 is 14.2 Å². The second-order valence-corrected chi connectivity index (χ2v) is 8.10. The quantitative estimate of drug-likeness (QED) is 0.401. The van der Waals surface area contributed by atoms with Crippen molar-refractivity contribution in [3.8, 4) is 22.9 Å². The fraction of sp³-hybridized carbons (Fsp3) is 0.333. The lowest BCUT2D eigenvalue weighted by molar-refractivity contribution is -0.385. The van der Waals surface area contributed by atoms with E-state index in [0.717, 1.165) is 36.3 Å². The van der Waals surface area contributed by atoms with Crippen molar-refractivity contribution < 1.29 is 19.1 Å². The number of aromatic nitrogens is 2. The van der Waals surface area contributed by atoms with Gasteiger partial charge in [0.1, 0.15) is 19.0 Å². The predicted molar refractivity (Wildman–Crippen MR) is 120 cm³/mol. The Morgan fingerprint density at radius 2 is 2.06 bits per heavy atom. The maximum atomic E-state index is 12.6. The van der Waals surface area contributed by atoms with Gasteiger partial charge in [-0.05, 0) is 49.1 Å². The van der Waals surface area contributed by atoms with Crippen LogP contribution in [0.5, 0.6) is 11.6 Å². The van der Waals surface area contributed by atoms with E-state index < -0.39 is 4.92 Å². The Morgan fingerprint density at radius 3 is 2.88 bits per heavy atom. The summed E-state index contributed by atoms with van der Waals surface area (Å²) in [6.07, 6.45) is 2.66. The third-order valence-corrected chi connectivity index (χ3v) is 5.97. The first-order valence-corrected chi connectivity index (χ1v) is 10.9. The highest BCUT2D eigenvalue weighted by Crippen LogP contribution is 2.33. The maximum absolute atomic E-state index is 12.6. The Balaban J connectivity index is 1.36. The Hall–Kier alpha value is -3.72. The molecule has 9 heteroatoms. The van der Waals surface area contributed by atoms with Crippen molar-refractivity contribution in [3.63, 3.8) is 0 Å². The third kappa shape index (κ3) is 4.45. The van der Waals surface area contributed by atoms with Gasteiger partial charge in [-0.15, -0.1) is 0 Å². The maximum Gasteiger partial charge on any atom is 0.351 e. The van der Waals surface area contributed by atoms with Crippen LogP contribution in [0.3, 0.4) is 0 Å². The van der Waals surface area contributed by atoms with Gasteiger partial charge in [0.05, 0.1) is 22.3 Å². The number of benzene rings is 2. The number of nitro groups is 1. The van der Waals surface area contributed by atoms with Crippen LogP contribution in [0.1, 0.15) is 24.0 Å². The molecule has 1 saturated heterocycles. The van der Waals surface area contributed by atoms with Gasteiger partial charge in [0.25, 0.3) is 5.69 Å². The molecule has 0 aliphatic carbocycles. The summed E-state index contributed by atoms with van der Waals surface area (Å²) in [6.45, 7) is 1.72. The predicted octanol–water partition coefficient (Wildman–Crippen LogP) is 3.51. The molecule has 170 valence electrons. The zero-order valence-electron chi connectivity index (χ0n) is 17.9. The van der Waals surface area contributed by atoms with Crippen LogP contribution in [-0.2, 0) is 24.3 Å². The molecule has 3 aromatic rings. The Morgan fingerprint density at radius 1 is 1.18 bits per heavy atom. The van der Waals surface area contributed by atoms with Crippen LogP contribution in [0, 0.1) is 10.1 Å². The summed E-state index contributed by atoms with van der Waals surface area (Å²) >= 11 is 0. The highest BCUT2D eigenvalue weighted by atomic mass is 16.6. The van der Waals surface area contributed by atoms with E-state index in [1.54, 1.807) is 34.9 Å². The molecule has 1 atom stereocenters. The van der Waals surface area contributed by atoms with Crippen molar-refractivity contribution in [2.45, 2.75) is 38.5 Å². The summed E-state index contributed by atoms with van der Waals surface area (Å²) in [7, 11) is 0. The minimum absolute atomic E-state index is 0.0341. The lowest BCUT2D eigenvalue weighted by Crippen LogP contribution is -2.29. The van der Waals surface area contributed by atoms with Crippen molar-refractivity contribution >= 4 is 5.69 Å². The molecule has 1 unspecified atom stereocenters. The molecule has 0 bridgehead atoms. The number of ether oxygens (including phenoxy) is 3. The molecular formula is C24H23N3O6. The van der Waals surface area contributed by atoms with Crippen LogP contribution in [0.25, 0.3) is 11.3 Å². The number of rotatable bonds is 7. The lowest BCUT2D eigenvalue weighted by Gasteiger charge is -2.22. The van der Waals surface area contributed by atoms with E-state index in [2.05, 4.69) is 4.98 Å². The lowest BCUT2D eigenvalue weighted by atomic mass is 9.97. The van der Waals surface area contributed by atoms with E-state index in [9.17, 15) is 14.9 Å². The van der Waals surface area contributed by atoms with Gasteiger partial charge in [0, 0.05) is 30.8 Å². The zero-order chi connectivity index (χ0) is 22.8. The van der Waals surface area contributed by atoms with Crippen LogP contribution < -0.4 is 15.2 Å². The molecule has 2 aliphatic rings. The normalized spacial score (nSPS) is 16.7. The number of aryl methyl sites for hydroxylation is 1. The largest absolute Gasteiger partial charge is 0.489 e. The topological polar surface area (TPSA) is 106 Å². The van der Waals surface area contributed by atoms with E-state index >= 15 is 0 Å². The smallest absolute Gasteiger partial charge is 0.351 e. The van der Waals surface area contributed by atoms with Gasteiger partial charge >= 0.3 is 5.69 Å². The summed E-state index contributed by atoms with van der Waals surface area (Å²) in [6, 6.07) is 14.0. The number of hydrogen-bond donors (Lipinski definition) is 0. The van der Waals surface area contributed by atoms with E-state index in [-0.39, 0.29) is 24.1 Å². The first kappa shape index (κ1) is 21.1. The number of nitro benzene ring substituents is 1. The first-order valence-electron chi connectivity index (χ1n) is 10.9. The van der Waals surface area contributed by atoms with Gasteiger partial charge in [-0.25, -0.2) is 4.79 Å². The second kappa shape index (κ2) is 9.03. The van der Waals surface area contributed by atoms with E-state index in [4.69, 9.17) is 14.2 Å². The van der Waals surface area contributed by atoms with Crippen molar-refractivity contribution in [3.05, 3.63) is 80.3 Å². The molecule has 33 heavy (non-hydrogen) atoms. The van der Waals surface area contributed by atoms with E-state index in [1.165, 1.54) is 6.07 Å². The number of nitrogens with zero attached hydrogens (tertiary/aromatic N) is 3. The van der Waals surface area contributed by atoms with Crippen LogP contribution in [0.15, 0.2) is 53.3 Å². The summed E-state index contributed by atoms with van der Waals surface area (Å²) < 4.78 is 18.8. The molecule has 1 fully saturated rings. The second-order valence-electron chi connectivity index (χ2n) is 8.10. The average Bonchev–Trinajstić information content (AvgIpc) is 3.35. The number of fused-ring (bicyclic) bond motifs is 3. The summed E-state index contributed by atoms with van der Waals surface area (Å²) in [5, 5.41) is 11.2. The molecule has 0 saturated carbocycles. The fourth-order valence-corrected chi connectivity index (χ4v) is 4.27. The van der Waals surface area contributed by atoms with Crippen LogP contribution in [-0.4, -0.2) is 33.8 Å². The minimum Gasteiger partial charge on any atom is -0.489 e. The Labute approximate surface area is 189 Å². The average molecular weight is 449 g/mol. The number of hydrogen-bond acceptors (Lipinski definition) is 7.